The molecular formula is C26H41N6O+. The number of nitrogens with zero attached hydrogens (tertiary/aromatic N) is 6. The first-order chi connectivity index (χ1) is 15.8. The van der Waals surface area contributed by atoms with Crippen LogP contribution in [0.1, 0.15) is 24.8 Å². The molecule has 0 spiro atoms. The molecule has 0 aliphatic heterocycles. The molecule has 0 atom stereocenters. The highest BCUT2D eigenvalue weighted by Crippen LogP contribution is 2.10. The van der Waals surface area contributed by atoms with E-state index >= 15 is 0 Å². The minimum atomic E-state index is 0.232. The molecule has 0 bridgehead atoms. The lowest BCUT2D eigenvalue weighted by Gasteiger charge is -2.24. The SMILES string of the molecule is CN(C)CCCN(CCCN(C)C)C(=O)CC[n+]1ccc(C=NN(C)c2ccccc2)cc1. The molecule has 0 aliphatic carbocycles. The Morgan fingerprint density at radius 1 is 0.848 bits per heavy atom. The third-order valence-corrected chi connectivity index (χ3v) is 5.43. The number of rotatable bonds is 14. The summed E-state index contributed by atoms with van der Waals surface area (Å²) in [5.74, 6) is 0.232. The van der Waals surface area contributed by atoms with Crippen LogP contribution in [0.15, 0.2) is 60.0 Å². The van der Waals surface area contributed by atoms with Crippen LogP contribution in [0.25, 0.3) is 0 Å². The molecule has 2 rings (SSSR count). The molecule has 0 unspecified atom stereocenters. The van der Waals surface area contributed by atoms with Crippen LogP contribution in [0.3, 0.4) is 0 Å². The van der Waals surface area contributed by atoms with Crippen LogP contribution in [0.2, 0.25) is 0 Å². The van der Waals surface area contributed by atoms with Crippen LogP contribution in [0.4, 0.5) is 5.69 Å². The molecule has 1 amide bonds. The number of benzene rings is 1. The van der Waals surface area contributed by atoms with Gasteiger partial charge < -0.3 is 14.7 Å². The molecule has 0 saturated carbocycles. The van der Waals surface area contributed by atoms with E-state index in [1.165, 1.54) is 0 Å². The standard InChI is InChI=1S/C26H41N6O/c1-28(2)16-9-18-32(19-10-17-29(3)4)26(33)15-22-31-20-13-24(14-21-31)23-27-30(5)25-11-7-6-8-12-25/h6-8,11-14,20-21,23H,9-10,15-19,22H2,1-5H3/q+1. The molecule has 0 saturated heterocycles. The Morgan fingerprint density at radius 2 is 1.42 bits per heavy atom. The van der Waals surface area contributed by atoms with Gasteiger partial charge in [0.15, 0.2) is 18.9 Å². The first-order valence-corrected chi connectivity index (χ1v) is 11.7. The van der Waals surface area contributed by atoms with E-state index in [0.717, 1.165) is 50.3 Å². The number of hydrazone groups is 1. The van der Waals surface area contributed by atoms with Crippen molar-refractivity contribution in [2.45, 2.75) is 25.8 Å². The van der Waals surface area contributed by atoms with Crippen molar-refractivity contribution in [3.8, 4) is 0 Å². The average Bonchev–Trinajstić information content (AvgIpc) is 2.80. The molecule has 0 aliphatic rings. The molecule has 0 radical (unpaired) electrons. The average molecular weight is 454 g/mol. The van der Waals surface area contributed by atoms with Gasteiger partial charge in [0.25, 0.3) is 0 Å². The van der Waals surface area contributed by atoms with Crippen molar-refractivity contribution < 1.29 is 9.36 Å². The minimum Gasteiger partial charge on any atom is -0.342 e. The Balaban J connectivity index is 1.86. The first-order valence-electron chi connectivity index (χ1n) is 11.7. The summed E-state index contributed by atoms with van der Waals surface area (Å²) in [6, 6.07) is 14.1. The van der Waals surface area contributed by atoms with E-state index in [9.17, 15) is 4.79 Å². The number of hydrogen-bond donors (Lipinski definition) is 0. The van der Waals surface area contributed by atoms with Crippen LogP contribution in [-0.4, -0.2) is 88.2 Å². The zero-order valence-corrected chi connectivity index (χ0v) is 21.0. The van der Waals surface area contributed by atoms with Crippen molar-refractivity contribution >= 4 is 17.8 Å². The summed E-state index contributed by atoms with van der Waals surface area (Å²) < 4.78 is 2.06. The monoisotopic (exact) mass is 453 g/mol. The molecule has 2 aromatic rings. The lowest BCUT2D eigenvalue weighted by molar-refractivity contribution is -0.695. The highest BCUT2D eigenvalue weighted by molar-refractivity contribution is 5.79. The Bertz CT molecular complexity index is 822. The molecular weight excluding hydrogens is 412 g/mol. The fourth-order valence-corrected chi connectivity index (χ4v) is 3.47. The van der Waals surface area contributed by atoms with Gasteiger partial charge in [-0.25, -0.2) is 4.57 Å². The molecule has 1 heterocycles. The lowest BCUT2D eigenvalue weighted by atomic mass is 10.2. The summed E-state index contributed by atoms with van der Waals surface area (Å²) in [7, 11) is 10.2. The van der Waals surface area contributed by atoms with Gasteiger partial charge in [-0.15, -0.1) is 0 Å². The van der Waals surface area contributed by atoms with Gasteiger partial charge in [0.05, 0.1) is 18.3 Å². The Kier molecular flexibility index (Phi) is 11.6. The molecule has 1 aromatic heterocycles. The van der Waals surface area contributed by atoms with Gasteiger partial charge in [-0.2, -0.15) is 5.10 Å². The van der Waals surface area contributed by atoms with Gasteiger partial charge in [-0.1, -0.05) is 18.2 Å². The van der Waals surface area contributed by atoms with Gasteiger partial charge in [-0.3, -0.25) is 9.80 Å². The first kappa shape index (κ1) is 26.5. The van der Waals surface area contributed by atoms with Crippen molar-refractivity contribution in [2.75, 3.05) is 66.4 Å². The second kappa shape index (κ2) is 14.4. The maximum atomic E-state index is 12.9. The summed E-state index contributed by atoms with van der Waals surface area (Å²) in [4.78, 5) is 19.3. The van der Waals surface area contributed by atoms with Gasteiger partial charge in [-0.05, 0) is 66.3 Å². The fraction of sp³-hybridized carbons (Fsp3) is 0.500. The van der Waals surface area contributed by atoms with E-state index < -0.39 is 0 Å². The van der Waals surface area contributed by atoms with Crippen molar-refractivity contribution in [3.63, 3.8) is 0 Å². The summed E-state index contributed by atoms with van der Waals surface area (Å²) in [6.07, 6.45) is 8.39. The number of anilines is 1. The second-order valence-corrected chi connectivity index (χ2v) is 8.92. The van der Waals surface area contributed by atoms with Crippen molar-refractivity contribution in [2.24, 2.45) is 5.10 Å². The van der Waals surface area contributed by atoms with E-state index in [0.29, 0.717) is 13.0 Å². The highest BCUT2D eigenvalue weighted by atomic mass is 16.2. The predicted octanol–water partition coefficient (Wildman–Crippen LogP) is 2.57. The Morgan fingerprint density at radius 3 is 1.97 bits per heavy atom. The predicted molar refractivity (Wildman–Crippen MR) is 137 cm³/mol. The quantitative estimate of drug-likeness (QED) is 0.251. The number of pyridine rings is 1. The minimum absolute atomic E-state index is 0.232. The second-order valence-electron chi connectivity index (χ2n) is 8.92. The molecule has 7 nitrogen and oxygen atoms in total. The summed E-state index contributed by atoms with van der Waals surface area (Å²) in [5, 5.41) is 6.35. The third kappa shape index (κ3) is 10.6. The lowest BCUT2D eigenvalue weighted by Crippen LogP contribution is -2.40. The maximum absolute atomic E-state index is 12.9. The largest absolute Gasteiger partial charge is 0.342 e. The van der Waals surface area contributed by atoms with Gasteiger partial charge in [0.2, 0.25) is 5.91 Å². The van der Waals surface area contributed by atoms with E-state index in [1.807, 2.05) is 78.0 Å². The van der Waals surface area contributed by atoms with E-state index in [1.54, 1.807) is 0 Å². The number of carbonyl (C=O) groups excluding carboxylic acids is 1. The maximum Gasteiger partial charge on any atom is 0.228 e. The third-order valence-electron chi connectivity index (χ3n) is 5.43. The normalized spacial score (nSPS) is 11.5. The number of amides is 1. The van der Waals surface area contributed by atoms with Crippen LogP contribution in [0.5, 0.6) is 0 Å². The highest BCUT2D eigenvalue weighted by Gasteiger charge is 2.15. The molecule has 0 N–H and O–H groups in total. The zero-order valence-electron chi connectivity index (χ0n) is 21.0. The number of aryl methyl sites for hydroxylation is 1. The van der Waals surface area contributed by atoms with Gasteiger partial charge in [0, 0.05) is 37.8 Å². The van der Waals surface area contributed by atoms with E-state index in [2.05, 4.69) is 47.7 Å². The van der Waals surface area contributed by atoms with Crippen LogP contribution < -0.4 is 9.58 Å². The van der Waals surface area contributed by atoms with Crippen LogP contribution in [0, 0.1) is 0 Å². The Hall–Kier alpha value is -2.77. The Labute approximate surface area is 199 Å². The number of carbonyl (C=O) groups is 1. The smallest absolute Gasteiger partial charge is 0.228 e. The summed E-state index contributed by atoms with van der Waals surface area (Å²) >= 11 is 0. The van der Waals surface area contributed by atoms with Crippen molar-refractivity contribution in [1.29, 1.82) is 0 Å². The summed E-state index contributed by atoms with van der Waals surface area (Å²) in [6.45, 7) is 4.31. The van der Waals surface area contributed by atoms with E-state index in [-0.39, 0.29) is 5.91 Å². The zero-order chi connectivity index (χ0) is 24.1. The van der Waals surface area contributed by atoms with Crippen molar-refractivity contribution in [3.05, 3.63) is 60.4 Å². The van der Waals surface area contributed by atoms with Gasteiger partial charge in [0.1, 0.15) is 0 Å². The molecule has 1 aromatic carbocycles. The number of para-hydroxylation sites is 1. The van der Waals surface area contributed by atoms with Gasteiger partial charge >= 0.3 is 0 Å². The van der Waals surface area contributed by atoms with Crippen LogP contribution >= 0.6 is 0 Å². The topological polar surface area (TPSA) is 46.3 Å². The number of hydrogen-bond acceptors (Lipinski definition) is 5. The van der Waals surface area contributed by atoms with Crippen molar-refractivity contribution in [1.82, 2.24) is 14.7 Å². The molecule has 33 heavy (non-hydrogen) atoms. The summed E-state index contributed by atoms with van der Waals surface area (Å²) in [5.41, 5.74) is 2.06. The molecule has 7 heteroatoms. The fourth-order valence-electron chi connectivity index (χ4n) is 3.47. The number of aromatic nitrogens is 1. The van der Waals surface area contributed by atoms with E-state index in [4.69, 9.17) is 0 Å². The molecule has 0 fully saturated rings. The molecule has 180 valence electrons. The van der Waals surface area contributed by atoms with Crippen LogP contribution in [-0.2, 0) is 11.3 Å².